The number of halogens is 1. The van der Waals surface area contributed by atoms with Crippen LogP contribution in [-0.4, -0.2) is 11.9 Å². The average Bonchev–Trinajstić information content (AvgIpc) is 2.18. The van der Waals surface area contributed by atoms with Gasteiger partial charge in [0.15, 0.2) is 0 Å². The fourth-order valence-electron chi connectivity index (χ4n) is 2.25. The highest BCUT2D eigenvalue weighted by molar-refractivity contribution is 6.34. The predicted molar refractivity (Wildman–Crippen MR) is 74.8 cm³/mol. The summed E-state index contributed by atoms with van der Waals surface area (Å²) in [5, 5.41) is 3.74. The van der Waals surface area contributed by atoms with Crippen LogP contribution in [0.5, 0.6) is 0 Å². The van der Waals surface area contributed by atoms with E-state index in [4.69, 9.17) is 23.1 Å². The van der Waals surface area contributed by atoms with Crippen LogP contribution in [0, 0.1) is 5.92 Å². The lowest BCUT2D eigenvalue weighted by Gasteiger charge is -2.33. The molecule has 1 atom stereocenters. The summed E-state index contributed by atoms with van der Waals surface area (Å²) in [6, 6.07) is 3.46. The van der Waals surface area contributed by atoms with Gasteiger partial charge in [-0.1, -0.05) is 18.0 Å². The van der Waals surface area contributed by atoms with Gasteiger partial charge in [0.25, 0.3) is 5.91 Å². The van der Waals surface area contributed by atoms with Crippen molar-refractivity contribution in [1.82, 2.24) is 0 Å². The number of nitrogens with one attached hydrogen (secondary N) is 1. The van der Waals surface area contributed by atoms with Gasteiger partial charge in [-0.25, -0.2) is 0 Å². The van der Waals surface area contributed by atoms with Gasteiger partial charge in [0.1, 0.15) is 0 Å². The van der Waals surface area contributed by atoms with E-state index in [1.807, 2.05) is 0 Å². The zero-order valence-electron chi connectivity index (χ0n) is 10.4. The molecule has 1 amide bonds. The molecule has 1 aromatic carbocycles. The van der Waals surface area contributed by atoms with E-state index in [1.165, 1.54) is 19.3 Å². The van der Waals surface area contributed by atoms with Gasteiger partial charge in [-0.05, 0) is 37.8 Å². The number of amides is 1. The van der Waals surface area contributed by atoms with Gasteiger partial charge in [0.2, 0.25) is 0 Å². The Morgan fingerprint density at radius 1 is 1.50 bits per heavy atom. The van der Waals surface area contributed by atoms with E-state index in [0.29, 0.717) is 27.9 Å². The zero-order chi connectivity index (χ0) is 13.3. The van der Waals surface area contributed by atoms with Crippen LogP contribution in [0.4, 0.5) is 11.4 Å². The summed E-state index contributed by atoms with van der Waals surface area (Å²) in [6.45, 7) is 2.10. The van der Waals surface area contributed by atoms with Crippen LogP contribution >= 0.6 is 11.6 Å². The summed E-state index contributed by atoms with van der Waals surface area (Å²) in [5.74, 6) is 0.117. The van der Waals surface area contributed by atoms with Gasteiger partial charge in [-0.15, -0.1) is 0 Å². The lowest BCUT2D eigenvalue weighted by atomic mass is 9.80. The third-order valence-corrected chi connectivity index (χ3v) is 3.91. The van der Waals surface area contributed by atoms with Crippen molar-refractivity contribution in [2.24, 2.45) is 11.7 Å². The fourth-order valence-corrected chi connectivity index (χ4v) is 2.54. The molecular formula is C13H18ClN3O. The van der Waals surface area contributed by atoms with E-state index in [-0.39, 0.29) is 6.04 Å². The first-order valence-electron chi connectivity index (χ1n) is 6.14. The van der Waals surface area contributed by atoms with E-state index in [0.717, 1.165) is 0 Å². The van der Waals surface area contributed by atoms with E-state index in [9.17, 15) is 4.79 Å². The number of primary amides is 1. The highest BCUT2D eigenvalue weighted by Gasteiger charge is 2.25. The smallest absolute Gasteiger partial charge is 0.250 e. The molecule has 0 aliphatic heterocycles. The summed E-state index contributed by atoms with van der Waals surface area (Å²) in [4.78, 5) is 11.4. The Morgan fingerprint density at radius 2 is 2.17 bits per heavy atom. The van der Waals surface area contributed by atoms with Crippen molar-refractivity contribution in [2.75, 3.05) is 11.1 Å². The Balaban J connectivity index is 2.27. The third-order valence-electron chi connectivity index (χ3n) is 3.61. The number of nitrogen functional groups attached to an aromatic ring is 1. The molecule has 0 radical (unpaired) electrons. The molecule has 0 saturated heterocycles. The molecule has 5 N–H and O–H groups in total. The maximum absolute atomic E-state index is 11.4. The summed E-state index contributed by atoms with van der Waals surface area (Å²) < 4.78 is 0. The largest absolute Gasteiger partial charge is 0.399 e. The Morgan fingerprint density at radius 3 is 2.67 bits per heavy atom. The maximum Gasteiger partial charge on any atom is 0.250 e. The summed E-state index contributed by atoms with van der Waals surface area (Å²) >= 11 is 6.14. The molecule has 0 aromatic heterocycles. The fraction of sp³-hybridized carbons (Fsp3) is 0.462. The molecule has 4 nitrogen and oxygen atoms in total. The van der Waals surface area contributed by atoms with Gasteiger partial charge < -0.3 is 16.8 Å². The predicted octanol–water partition coefficient (Wildman–Crippen LogP) is 2.62. The van der Waals surface area contributed by atoms with Crippen molar-refractivity contribution in [2.45, 2.75) is 32.2 Å². The van der Waals surface area contributed by atoms with E-state index in [1.54, 1.807) is 12.1 Å². The molecule has 0 heterocycles. The minimum atomic E-state index is -0.521. The number of anilines is 2. The monoisotopic (exact) mass is 267 g/mol. The van der Waals surface area contributed by atoms with Gasteiger partial charge in [-0.3, -0.25) is 4.79 Å². The molecule has 1 unspecified atom stereocenters. The second-order valence-electron chi connectivity index (χ2n) is 4.91. The van der Waals surface area contributed by atoms with Crippen molar-refractivity contribution in [3.8, 4) is 0 Å². The first-order valence-corrected chi connectivity index (χ1v) is 6.52. The van der Waals surface area contributed by atoms with E-state index in [2.05, 4.69) is 12.2 Å². The summed E-state index contributed by atoms with van der Waals surface area (Å²) in [5.41, 5.74) is 12.4. The Bertz CT molecular complexity index is 472. The van der Waals surface area contributed by atoms with Crippen molar-refractivity contribution in [1.29, 1.82) is 0 Å². The van der Waals surface area contributed by atoms with Gasteiger partial charge >= 0.3 is 0 Å². The standard InChI is InChI=1S/C13H18ClN3O/c1-7(8-3-2-4-8)17-12-10(13(16)18)5-9(15)6-11(12)14/h5-8,17H,2-4,15H2,1H3,(H2,16,18). The van der Waals surface area contributed by atoms with Crippen molar-refractivity contribution < 1.29 is 4.79 Å². The van der Waals surface area contributed by atoms with Crippen molar-refractivity contribution in [3.63, 3.8) is 0 Å². The third kappa shape index (κ3) is 2.53. The number of hydrogen-bond donors (Lipinski definition) is 3. The van der Waals surface area contributed by atoms with Crippen LogP contribution in [0.3, 0.4) is 0 Å². The molecule has 18 heavy (non-hydrogen) atoms. The molecule has 1 aliphatic carbocycles. The molecule has 0 bridgehead atoms. The van der Waals surface area contributed by atoms with Crippen molar-refractivity contribution >= 4 is 28.9 Å². The average molecular weight is 268 g/mol. The Kier molecular flexibility index (Phi) is 3.66. The van der Waals surface area contributed by atoms with Crippen LogP contribution in [-0.2, 0) is 0 Å². The van der Waals surface area contributed by atoms with Crippen LogP contribution in [0.25, 0.3) is 0 Å². The molecular weight excluding hydrogens is 250 g/mol. The number of nitrogens with two attached hydrogens (primary N) is 2. The van der Waals surface area contributed by atoms with E-state index >= 15 is 0 Å². The lowest BCUT2D eigenvalue weighted by molar-refractivity contribution is 0.100. The minimum Gasteiger partial charge on any atom is -0.399 e. The Hall–Kier alpha value is -1.42. The lowest BCUT2D eigenvalue weighted by Crippen LogP contribution is -2.32. The van der Waals surface area contributed by atoms with Gasteiger partial charge in [0, 0.05) is 11.7 Å². The minimum absolute atomic E-state index is 0.276. The molecule has 0 spiro atoms. The molecule has 98 valence electrons. The maximum atomic E-state index is 11.4. The second-order valence-corrected chi connectivity index (χ2v) is 5.32. The quantitative estimate of drug-likeness (QED) is 0.734. The number of rotatable bonds is 4. The highest BCUT2D eigenvalue weighted by Crippen LogP contribution is 2.34. The molecule has 1 fully saturated rings. The number of hydrogen-bond acceptors (Lipinski definition) is 3. The van der Waals surface area contributed by atoms with E-state index < -0.39 is 5.91 Å². The Labute approximate surface area is 112 Å². The molecule has 1 aliphatic rings. The SMILES string of the molecule is CC(Nc1c(Cl)cc(N)cc1C(N)=O)C1CCC1. The second kappa shape index (κ2) is 5.06. The van der Waals surface area contributed by atoms with Crippen molar-refractivity contribution in [3.05, 3.63) is 22.7 Å². The molecule has 1 saturated carbocycles. The topological polar surface area (TPSA) is 81.1 Å². The number of carbonyl (C=O) groups is 1. The van der Waals surface area contributed by atoms with Gasteiger partial charge in [-0.2, -0.15) is 0 Å². The number of carbonyl (C=O) groups excluding carboxylic acids is 1. The normalized spacial score (nSPS) is 17.0. The van der Waals surface area contributed by atoms with Crippen LogP contribution in [0.2, 0.25) is 5.02 Å². The zero-order valence-corrected chi connectivity index (χ0v) is 11.1. The highest BCUT2D eigenvalue weighted by atomic mass is 35.5. The molecule has 5 heteroatoms. The van der Waals surface area contributed by atoms with Crippen LogP contribution < -0.4 is 16.8 Å². The summed E-state index contributed by atoms with van der Waals surface area (Å²) in [7, 11) is 0. The van der Waals surface area contributed by atoms with Gasteiger partial charge in [0.05, 0.1) is 16.3 Å². The first-order chi connectivity index (χ1) is 8.49. The number of benzene rings is 1. The first kappa shape index (κ1) is 13.0. The van der Waals surface area contributed by atoms with Crippen LogP contribution in [0.15, 0.2) is 12.1 Å². The summed E-state index contributed by atoms with van der Waals surface area (Å²) in [6.07, 6.45) is 3.70. The molecule has 1 aromatic rings. The molecule has 2 rings (SSSR count). The van der Waals surface area contributed by atoms with Crippen LogP contribution in [0.1, 0.15) is 36.5 Å².